The van der Waals surface area contributed by atoms with Crippen LogP contribution in [0, 0.1) is 0 Å². The number of aliphatic imine (C=N–C) groups is 1. The molecule has 0 amide bonds. The fourth-order valence-corrected chi connectivity index (χ4v) is 3.54. The molecule has 1 aliphatic rings. The summed E-state index contributed by atoms with van der Waals surface area (Å²) in [6, 6.07) is 17.6. The molecule has 1 atom stereocenters. The first-order valence-electron chi connectivity index (χ1n) is 8.66. The fraction of sp³-hybridized carbons (Fsp3) is 0.286. The first kappa shape index (κ1) is 15.0. The van der Waals surface area contributed by atoms with Gasteiger partial charge in [-0.2, -0.15) is 0 Å². The van der Waals surface area contributed by atoms with Crippen LogP contribution in [0.2, 0.25) is 0 Å². The summed E-state index contributed by atoms with van der Waals surface area (Å²) in [7, 11) is 2.18. The standard InChI is InChI=1S/C21H23N3/c1-15-10-11-18-20(8-5-9-21(18)24(15)2)22-13-12-17-14-16-6-3-4-7-19(16)23-17/h3-9,13-15,23H,10-12H2,1-2H3. The maximum atomic E-state index is 4.77. The van der Waals surface area contributed by atoms with Gasteiger partial charge >= 0.3 is 0 Å². The summed E-state index contributed by atoms with van der Waals surface area (Å²) in [6.07, 6.45) is 5.15. The lowest BCUT2D eigenvalue weighted by Gasteiger charge is -2.34. The Balaban J connectivity index is 1.56. The van der Waals surface area contributed by atoms with Crippen molar-refractivity contribution in [3.63, 3.8) is 0 Å². The zero-order valence-corrected chi connectivity index (χ0v) is 14.3. The number of H-pyrrole nitrogens is 1. The Kier molecular flexibility index (Phi) is 3.85. The van der Waals surface area contributed by atoms with E-state index < -0.39 is 0 Å². The van der Waals surface area contributed by atoms with Crippen molar-refractivity contribution in [1.82, 2.24) is 4.98 Å². The number of aromatic amines is 1. The van der Waals surface area contributed by atoms with E-state index in [-0.39, 0.29) is 0 Å². The van der Waals surface area contributed by atoms with Crippen LogP contribution in [0.4, 0.5) is 11.4 Å². The van der Waals surface area contributed by atoms with E-state index >= 15 is 0 Å². The van der Waals surface area contributed by atoms with Gasteiger partial charge in [0.05, 0.1) is 5.69 Å². The summed E-state index contributed by atoms with van der Waals surface area (Å²) in [5, 5.41) is 1.26. The Morgan fingerprint density at radius 2 is 2.08 bits per heavy atom. The van der Waals surface area contributed by atoms with Gasteiger partial charge in [-0.1, -0.05) is 24.3 Å². The molecule has 0 bridgehead atoms. The van der Waals surface area contributed by atoms with Gasteiger partial charge in [0.25, 0.3) is 0 Å². The van der Waals surface area contributed by atoms with Gasteiger partial charge in [-0.15, -0.1) is 0 Å². The van der Waals surface area contributed by atoms with Crippen molar-refractivity contribution in [2.75, 3.05) is 11.9 Å². The van der Waals surface area contributed by atoms with E-state index in [1.807, 2.05) is 6.21 Å². The second-order valence-corrected chi connectivity index (χ2v) is 6.67. The first-order valence-corrected chi connectivity index (χ1v) is 8.66. The minimum atomic E-state index is 0.600. The van der Waals surface area contributed by atoms with Crippen LogP contribution in [-0.4, -0.2) is 24.3 Å². The van der Waals surface area contributed by atoms with E-state index in [1.54, 1.807) is 0 Å². The Morgan fingerprint density at radius 1 is 1.21 bits per heavy atom. The molecule has 3 aromatic rings. The normalized spacial score (nSPS) is 17.6. The van der Waals surface area contributed by atoms with Crippen LogP contribution in [0.15, 0.2) is 53.5 Å². The Labute approximate surface area is 143 Å². The third-order valence-electron chi connectivity index (χ3n) is 5.11. The SMILES string of the molecule is CC1CCc2c(N=CCc3cc4ccccc4[nH]3)cccc2N1C. The van der Waals surface area contributed by atoms with Gasteiger partial charge in [-0.3, -0.25) is 4.99 Å². The molecule has 0 radical (unpaired) electrons. The Morgan fingerprint density at radius 3 is 2.96 bits per heavy atom. The van der Waals surface area contributed by atoms with E-state index in [9.17, 15) is 0 Å². The summed E-state index contributed by atoms with van der Waals surface area (Å²) >= 11 is 0. The van der Waals surface area contributed by atoms with Crippen molar-refractivity contribution in [2.24, 2.45) is 4.99 Å². The molecule has 24 heavy (non-hydrogen) atoms. The van der Waals surface area contributed by atoms with Crippen molar-refractivity contribution < 1.29 is 0 Å². The van der Waals surface area contributed by atoms with Gasteiger partial charge in [-0.05, 0) is 49.4 Å². The molecule has 1 N–H and O–H groups in total. The van der Waals surface area contributed by atoms with E-state index in [0.717, 1.165) is 18.5 Å². The van der Waals surface area contributed by atoms with Crippen LogP contribution in [0.3, 0.4) is 0 Å². The van der Waals surface area contributed by atoms with Crippen molar-refractivity contribution in [3.05, 3.63) is 59.8 Å². The zero-order chi connectivity index (χ0) is 16.5. The van der Waals surface area contributed by atoms with Crippen molar-refractivity contribution in [2.45, 2.75) is 32.2 Å². The number of hydrogen-bond acceptors (Lipinski definition) is 2. The Hall–Kier alpha value is -2.55. The minimum Gasteiger partial charge on any atom is -0.372 e. The highest BCUT2D eigenvalue weighted by atomic mass is 15.1. The van der Waals surface area contributed by atoms with Crippen LogP contribution in [0.25, 0.3) is 10.9 Å². The van der Waals surface area contributed by atoms with E-state index in [2.05, 4.69) is 72.4 Å². The molecule has 2 heterocycles. The lowest BCUT2D eigenvalue weighted by molar-refractivity contribution is 0.599. The number of nitrogens with zero attached hydrogens (tertiary/aromatic N) is 2. The van der Waals surface area contributed by atoms with Crippen LogP contribution in [-0.2, 0) is 12.8 Å². The van der Waals surface area contributed by atoms with Crippen LogP contribution >= 0.6 is 0 Å². The molecule has 0 fully saturated rings. The largest absolute Gasteiger partial charge is 0.372 e. The monoisotopic (exact) mass is 317 g/mol. The van der Waals surface area contributed by atoms with Crippen molar-refractivity contribution in [3.8, 4) is 0 Å². The summed E-state index contributed by atoms with van der Waals surface area (Å²) < 4.78 is 0. The molecule has 2 aromatic carbocycles. The molecule has 3 heteroatoms. The highest BCUT2D eigenvalue weighted by Crippen LogP contribution is 2.35. The molecule has 122 valence electrons. The lowest BCUT2D eigenvalue weighted by Crippen LogP contribution is -2.33. The van der Waals surface area contributed by atoms with Gasteiger partial charge < -0.3 is 9.88 Å². The molecular weight excluding hydrogens is 294 g/mol. The van der Waals surface area contributed by atoms with Crippen molar-refractivity contribution >= 4 is 28.5 Å². The average Bonchev–Trinajstić information content (AvgIpc) is 3.01. The molecule has 0 saturated carbocycles. The first-order chi connectivity index (χ1) is 11.7. The number of fused-ring (bicyclic) bond motifs is 2. The second-order valence-electron chi connectivity index (χ2n) is 6.67. The van der Waals surface area contributed by atoms with Gasteiger partial charge in [0.1, 0.15) is 0 Å². The van der Waals surface area contributed by atoms with E-state index in [0.29, 0.717) is 6.04 Å². The summed E-state index contributed by atoms with van der Waals surface area (Å²) in [5.41, 5.74) is 6.21. The zero-order valence-electron chi connectivity index (χ0n) is 14.3. The highest BCUT2D eigenvalue weighted by Gasteiger charge is 2.21. The highest BCUT2D eigenvalue weighted by molar-refractivity contribution is 5.81. The average molecular weight is 317 g/mol. The molecule has 1 unspecified atom stereocenters. The van der Waals surface area contributed by atoms with Gasteiger partial charge in [0, 0.05) is 48.2 Å². The van der Waals surface area contributed by atoms with Gasteiger partial charge in [0.2, 0.25) is 0 Å². The third kappa shape index (κ3) is 2.71. The maximum Gasteiger partial charge on any atom is 0.0678 e. The Bertz CT molecular complexity index is 858. The summed E-state index contributed by atoms with van der Waals surface area (Å²) in [4.78, 5) is 10.6. The molecule has 0 saturated heterocycles. The molecule has 0 spiro atoms. The van der Waals surface area contributed by atoms with Crippen LogP contribution in [0.1, 0.15) is 24.6 Å². The third-order valence-corrected chi connectivity index (χ3v) is 5.11. The molecular formula is C21H23N3. The number of rotatable bonds is 3. The van der Waals surface area contributed by atoms with Gasteiger partial charge in [0.15, 0.2) is 0 Å². The minimum absolute atomic E-state index is 0.600. The molecule has 3 nitrogen and oxygen atoms in total. The predicted molar refractivity (Wildman–Crippen MR) is 103 cm³/mol. The molecule has 0 aliphatic carbocycles. The summed E-state index contributed by atoms with van der Waals surface area (Å²) in [6.45, 7) is 2.29. The topological polar surface area (TPSA) is 31.4 Å². The summed E-state index contributed by atoms with van der Waals surface area (Å²) in [5.74, 6) is 0. The van der Waals surface area contributed by atoms with Crippen molar-refractivity contribution in [1.29, 1.82) is 0 Å². The van der Waals surface area contributed by atoms with Crippen LogP contribution in [0.5, 0.6) is 0 Å². The molecule has 1 aliphatic heterocycles. The number of anilines is 1. The fourth-order valence-electron chi connectivity index (χ4n) is 3.54. The molecule has 1 aromatic heterocycles. The lowest BCUT2D eigenvalue weighted by atomic mass is 9.96. The number of nitrogens with one attached hydrogen (secondary N) is 1. The van der Waals surface area contributed by atoms with Gasteiger partial charge in [-0.25, -0.2) is 0 Å². The molecule has 4 rings (SSSR count). The van der Waals surface area contributed by atoms with E-state index in [4.69, 9.17) is 4.99 Å². The number of para-hydroxylation sites is 1. The predicted octanol–water partition coefficient (Wildman–Crippen LogP) is 4.88. The van der Waals surface area contributed by atoms with Crippen LogP contribution < -0.4 is 4.90 Å². The second kappa shape index (κ2) is 6.16. The number of hydrogen-bond donors (Lipinski definition) is 1. The van der Waals surface area contributed by atoms with E-state index in [1.165, 1.54) is 34.3 Å². The quantitative estimate of drug-likeness (QED) is 0.686. The smallest absolute Gasteiger partial charge is 0.0678 e. The number of aromatic nitrogens is 1. The maximum absolute atomic E-state index is 4.77. The number of benzene rings is 2.